The maximum Gasteiger partial charge on any atom is 0.238 e. The molecule has 64 valence electrons. The van der Waals surface area contributed by atoms with Crippen LogP contribution in [0.25, 0.3) is 0 Å². The molecular formula is C7H14N2O2. The third-order valence-corrected chi connectivity index (χ3v) is 1.85. The highest BCUT2D eigenvalue weighted by Crippen LogP contribution is 2.02. The molecule has 1 aliphatic rings. The lowest BCUT2D eigenvalue weighted by Gasteiger charge is -2.31. The van der Waals surface area contributed by atoms with E-state index in [0.29, 0.717) is 19.5 Å². The fourth-order valence-electron chi connectivity index (χ4n) is 1.16. The van der Waals surface area contributed by atoms with Gasteiger partial charge in [0.1, 0.15) is 6.23 Å². The van der Waals surface area contributed by atoms with Gasteiger partial charge >= 0.3 is 0 Å². The Hall–Kier alpha value is -0.610. The lowest BCUT2D eigenvalue weighted by Crippen LogP contribution is -2.52. The van der Waals surface area contributed by atoms with Gasteiger partial charge in [-0.25, -0.2) is 0 Å². The van der Waals surface area contributed by atoms with E-state index in [-0.39, 0.29) is 5.91 Å². The quantitative estimate of drug-likeness (QED) is 0.550. The van der Waals surface area contributed by atoms with Gasteiger partial charge in [-0.05, 0) is 6.42 Å². The molecule has 4 heteroatoms. The summed E-state index contributed by atoms with van der Waals surface area (Å²) >= 11 is 0. The van der Waals surface area contributed by atoms with Gasteiger partial charge in [-0.2, -0.15) is 0 Å². The maximum atomic E-state index is 11.1. The third-order valence-electron chi connectivity index (χ3n) is 1.85. The predicted molar refractivity (Wildman–Crippen MR) is 40.9 cm³/mol. The molecule has 1 aliphatic heterocycles. The van der Waals surface area contributed by atoms with Crippen molar-refractivity contribution in [2.75, 3.05) is 19.6 Å². The highest BCUT2D eigenvalue weighted by molar-refractivity contribution is 5.79. The van der Waals surface area contributed by atoms with Gasteiger partial charge < -0.3 is 15.3 Å². The largest absolute Gasteiger partial charge is 0.374 e. The maximum absolute atomic E-state index is 11.1. The summed E-state index contributed by atoms with van der Waals surface area (Å²) in [5.74, 6) is -0.00870. The van der Waals surface area contributed by atoms with Gasteiger partial charge in [0.2, 0.25) is 5.91 Å². The molecule has 1 heterocycles. The molecule has 0 aliphatic carbocycles. The molecule has 2 N–H and O–H groups in total. The van der Waals surface area contributed by atoms with Gasteiger partial charge in [0, 0.05) is 13.1 Å². The molecule has 0 aromatic rings. The van der Waals surface area contributed by atoms with E-state index in [4.69, 9.17) is 0 Å². The van der Waals surface area contributed by atoms with E-state index >= 15 is 0 Å². The Morgan fingerprint density at radius 2 is 2.55 bits per heavy atom. The zero-order chi connectivity index (χ0) is 8.27. The second-order valence-electron chi connectivity index (χ2n) is 2.65. The van der Waals surface area contributed by atoms with Crippen LogP contribution in [0.5, 0.6) is 0 Å². The fraction of sp³-hybridized carbons (Fsp3) is 0.857. The van der Waals surface area contributed by atoms with Crippen molar-refractivity contribution in [2.24, 2.45) is 0 Å². The van der Waals surface area contributed by atoms with Crippen LogP contribution in [0.1, 0.15) is 13.3 Å². The van der Waals surface area contributed by atoms with Crippen LogP contribution in [-0.4, -0.2) is 41.8 Å². The van der Waals surface area contributed by atoms with Crippen LogP contribution in [0.4, 0.5) is 0 Å². The predicted octanol–water partition coefficient (Wildman–Crippen LogP) is -0.853. The van der Waals surface area contributed by atoms with Crippen molar-refractivity contribution in [3.05, 3.63) is 0 Å². The number of hydrogen-bond donors (Lipinski definition) is 2. The summed E-state index contributed by atoms with van der Waals surface area (Å²) < 4.78 is 0. The first-order valence-corrected chi connectivity index (χ1v) is 3.94. The van der Waals surface area contributed by atoms with E-state index in [2.05, 4.69) is 5.32 Å². The van der Waals surface area contributed by atoms with Crippen LogP contribution in [0.2, 0.25) is 0 Å². The third kappa shape index (κ3) is 1.91. The van der Waals surface area contributed by atoms with Crippen molar-refractivity contribution in [3.63, 3.8) is 0 Å². The van der Waals surface area contributed by atoms with Crippen molar-refractivity contribution < 1.29 is 9.90 Å². The first-order chi connectivity index (χ1) is 5.25. The van der Waals surface area contributed by atoms with Gasteiger partial charge in [0.15, 0.2) is 0 Å². The molecule has 0 aromatic heterocycles. The molecule has 1 fully saturated rings. The van der Waals surface area contributed by atoms with E-state index in [1.165, 1.54) is 4.90 Å². The Bertz CT molecular complexity index is 149. The van der Waals surface area contributed by atoms with Crippen LogP contribution in [-0.2, 0) is 4.79 Å². The number of hydrogen-bond acceptors (Lipinski definition) is 3. The first-order valence-electron chi connectivity index (χ1n) is 3.94. The molecule has 1 saturated heterocycles. The topological polar surface area (TPSA) is 52.6 Å². The number of carbonyl (C=O) groups excluding carboxylic acids is 1. The fourth-order valence-corrected chi connectivity index (χ4v) is 1.16. The van der Waals surface area contributed by atoms with Gasteiger partial charge in [0.05, 0.1) is 6.54 Å². The van der Waals surface area contributed by atoms with E-state index < -0.39 is 6.23 Å². The van der Waals surface area contributed by atoms with E-state index in [9.17, 15) is 9.90 Å². The van der Waals surface area contributed by atoms with Crippen LogP contribution in [0.3, 0.4) is 0 Å². The van der Waals surface area contributed by atoms with Crippen LogP contribution in [0, 0.1) is 0 Å². The number of rotatable bonds is 2. The second-order valence-corrected chi connectivity index (χ2v) is 2.65. The molecule has 0 spiro atoms. The van der Waals surface area contributed by atoms with Gasteiger partial charge in [-0.3, -0.25) is 4.79 Å². The molecule has 1 atom stereocenters. The summed E-state index contributed by atoms with van der Waals surface area (Å²) in [6.45, 7) is 3.62. The van der Waals surface area contributed by atoms with Crippen molar-refractivity contribution >= 4 is 5.91 Å². The molecule has 4 nitrogen and oxygen atoms in total. The smallest absolute Gasteiger partial charge is 0.238 e. The van der Waals surface area contributed by atoms with Gasteiger partial charge in [0.25, 0.3) is 0 Å². The van der Waals surface area contributed by atoms with Crippen molar-refractivity contribution in [1.82, 2.24) is 10.2 Å². The Morgan fingerprint density at radius 3 is 3.09 bits per heavy atom. The van der Waals surface area contributed by atoms with Crippen LogP contribution < -0.4 is 5.32 Å². The number of aliphatic hydroxyl groups is 1. The molecule has 0 aromatic carbocycles. The van der Waals surface area contributed by atoms with Crippen LogP contribution in [0.15, 0.2) is 0 Å². The van der Waals surface area contributed by atoms with Gasteiger partial charge in [-0.1, -0.05) is 6.92 Å². The zero-order valence-corrected chi connectivity index (χ0v) is 6.71. The minimum absolute atomic E-state index is 0.00870. The Kier molecular flexibility index (Phi) is 2.84. The molecule has 0 bridgehead atoms. The summed E-state index contributed by atoms with van der Waals surface area (Å²) in [5, 5.41) is 12.3. The Labute approximate surface area is 66.2 Å². The average Bonchev–Trinajstić information content (AvgIpc) is 2.04. The SMILES string of the molecule is CCC(O)N1CCNCC1=O. The molecule has 0 saturated carbocycles. The van der Waals surface area contributed by atoms with E-state index in [1.807, 2.05) is 6.92 Å². The summed E-state index contributed by atoms with van der Waals surface area (Å²) in [6.07, 6.45) is 0.00995. The summed E-state index contributed by atoms with van der Waals surface area (Å²) in [7, 11) is 0. The molecule has 1 unspecified atom stereocenters. The van der Waals surface area contributed by atoms with Crippen molar-refractivity contribution in [1.29, 1.82) is 0 Å². The first kappa shape index (κ1) is 8.49. The van der Waals surface area contributed by atoms with E-state index in [0.717, 1.165) is 6.54 Å². The number of amides is 1. The minimum atomic E-state index is -0.593. The second kappa shape index (κ2) is 3.69. The van der Waals surface area contributed by atoms with Crippen molar-refractivity contribution in [2.45, 2.75) is 19.6 Å². The van der Waals surface area contributed by atoms with Crippen LogP contribution >= 0.6 is 0 Å². The lowest BCUT2D eigenvalue weighted by atomic mass is 10.3. The summed E-state index contributed by atoms with van der Waals surface area (Å²) in [6, 6.07) is 0. The molecule has 1 amide bonds. The Balaban J connectivity index is 2.47. The summed E-state index contributed by atoms with van der Waals surface area (Å²) in [4.78, 5) is 12.6. The molecule has 11 heavy (non-hydrogen) atoms. The highest BCUT2D eigenvalue weighted by atomic mass is 16.3. The number of carbonyl (C=O) groups is 1. The molecule has 1 rings (SSSR count). The minimum Gasteiger partial charge on any atom is -0.374 e. The average molecular weight is 158 g/mol. The molecule has 0 radical (unpaired) electrons. The normalized spacial score (nSPS) is 22.0. The number of aliphatic hydroxyl groups excluding tert-OH is 1. The highest BCUT2D eigenvalue weighted by Gasteiger charge is 2.22. The monoisotopic (exact) mass is 158 g/mol. The standard InChI is InChI=1S/C7H14N2O2/c1-2-6(10)9-4-3-8-5-7(9)11/h6,8,10H,2-5H2,1H3. The lowest BCUT2D eigenvalue weighted by molar-refractivity contribution is -0.142. The van der Waals surface area contributed by atoms with E-state index in [1.54, 1.807) is 0 Å². The number of nitrogens with one attached hydrogen (secondary N) is 1. The van der Waals surface area contributed by atoms with Crippen molar-refractivity contribution in [3.8, 4) is 0 Å². The molecular weight excluding hydrogens is 144 g/mol. The zero-order valence-electron chi connectivity index (χ0n) is 6.71. The number of nitrogens with zero attached hydrogens (tertiary/aromatic N) is 1. The number of piperazine rings is 1. The summed E-state index contributed by atoms with van der Waals surface area (Å²) in [5.41, 5.74) is 0. The Morgan fingerprint density at radius 1 is 1.82 bits per heavy atom. The van der Waals surface area contributed by atoms with Gasteiger partial charge in [-0.15, -0.1) is 0 Å².